The molecule has 0 aromatic carbocycles. The van der Waals surface area contributed by atoms with E-state index in [9.17, 15) is 17.3 Å². The largest absolute Gasteiger partial charge is 0.673 e. The van der Waals surface area contributed by atoms with Crippen LogP contribution >= 0.6 is 0 Å². The van der Waals surface area contributed by atoms with E-state index >= 15 is 0 Å². The van der Waals surface area contributed by atoms with Gasteiger partial charge in [-0.3, -0.25) is 5.41 Å². The van der Waals surface area contributed by atoms with Crippen LogP contribution in [0, 0.1) is 0 Å². The van der Waals surface area contributed by atoms with Crippen LogP contribution in [0.4, 0.5) is 17.3 Å². The van der Waals surface area contributed by atoms with Gasteiger partial charge in [-0.25, -0.2) is 0 Å². The van der Waals surface area contributed by atoms with Crippen LogP contribution < -0.4 is 5.41 Å². The Morgan fingerprint density at radius 3 is 1.11 bits per heavy atom. The number of hydrogen-bond acceptors (Lipinski definition) is 0. The standard InChI is InChI=1S/C3H7N.BF4/c1-3(2)4;2-1(3,4)5/h4H,1-2H3;/q;-1/p+1. The molecule has 2 N–H and O–H groups in total. The SMILES string of the molecule is CC(C)=[NH2+].F[B-](F)(F)F. The van der Waals surface area contributed by atoms with E-state index < -0.39 is 7.25 Å². The fourth-order valence-electron chi connectivity index (χ4n) is 0. The van der Waals surface area contributed by atoms with Gasteiger partial charge in [0.1, 0.15) is 5.71 Å². The van der Waals surface area contributed by atoms with Crippen LogP contribution in [0.15, 0.2) is 0 Å². The molecule has 0 aliphatic heterocycles. The second-order valence-electron chi connectivity index (χ2n) is 1.57. The first-order valence-electron chi connectivity index (χ1n) is 2.16. The Kier molecular flexibility index (Phi) is 5.44. The molecule has 0 rings (SSSR count). The van der Waals surface area contributed by atoms with Gasteiger partial charge in [0, 0.05) is 13.8 Å². The molecule has 0 bridgehead atoms. The maximum Gasteiger partial charge on any atom is 0.673 e. The summed E-state index contributed by atoms with van der Waals surface area (Å²) in [6.07, 6.45) is 0. The summed E-state index contributed by atoms with van der Waals surface area (Å²) >= 11 is 0. The van der Waals surface area contributed by atoms with Gasteiger partial charge in [0.05, 0.1) is 0 Å². The molecule has 0 saturated carbocycles. The van der Waals surface area contributed by atoms with Crippen LogP contribution in [-0.2, 0) is 0 Å². The fraction of sp³-hybridized carbons (Fsp3) is 0.667. The van der Waals surface area contributed by atoms with Gasteiger partial charge in [-0.15, -0.1) is 0 Å². The van der Waals surface area contributed by atoms with Crippen molar-refractivity contribution in [3.05, 3.63) is 0 Å². The van der Waals surface area contributed by atoms with Crippen molar-refractivity contribution in [3.63, 3.8) is 0 Å². The predicted octanol–water partition coefficient (Wildman–Crippen LogP) is 0.526. The van der Waals surface area contributed by atoms with Crippen LogP contribution in [0.1, 0.15) is 13.8 Å². The highest BCUT2D eigenvalue weighted by Gasteiger charge is 2.20. The van der Waals surface area contributed by atoms with Gasteiger partial charge in [-0.1, -0.05) is 0 Å². The Bertz CT molecular complexity index is 78.3. The molecule has 0 fully saturated rings. The molecule has 0 amide bonds. The maximum atomic E-state index is 9.75. The van der Waals surface area contributed by atoms with Crippen molar-refractivity contribution in [2.75, 3.05) is 0 Å². The van der Waals surface area contributed by atoms with Crippen molar-refractivity contribution in [2.45, 2.75) is 13.8 Å². The molecule has 0 spiro atoms. The average Bonchev–Trinajstić information content (AvgIpc) is 1.19. The van der Waals surface area contributed by atoms with Crippen molar-refractivity contribution in [2.24, 2.45) is 0 Å². The van der Waals surface area contributed by atoms with Gasteiger partial charge in [0.2, 0.25) is 0 Å². The van der Waals surface area contributed by atoms with Gasteiger partial charge in [0.25, 0.3) is 0 Å². The monoisotopic (exact) mass is 145 g/mol. The van der Waals surface area contributed by atoms with Crippen molar-refractivity contribution in [1.29, 1.82) is 0 Å². The van der Waals surface area contributed by atoms with Crippen molar-refractivity contribution < 1.29 is 22.7 Å². The molecule has 0 aliphatic carbocycles. The molecule has 6 heteroatoms. The summed E-state index contributed by atoms with van der Waals surface area (Å²) in [4.78, 5) is 0. The van der Waals surface area contributed by atoms with E-state index in [-0.39, 0.29) is 0 Å². The Morgan fingerprint density at radius 1 is 1.11 bits per heavy atom. The molecule has 0 radical (unpaired) electrons. The zero-order valence-electron chi connectivity index (χ0n) is 5.17. The topological polar surface area (TPSA) is 25.6 Å². The molecular weight excluding hydrogens is 137 g/mol. The van der Waals surface area contributed by atoms with Crippen LogP contribution in [0.3, 0.4) is 0 Å². The molecule has 0 atom stereocenters. The molecule has 0 aromatic heterocycles. The number of rotatable bonds is 0. The van der Waals surface area contributed by atoms with Gasteiger partial charge in [-0.2, -0.15) is 0 Å². The fourth-order valence-corrected chi connectivity index (χ4v) is 0. The first-order chi connectivity index (χ1) is 3.73. The summed E-state index contributed by atoms with van der Waals surface area (Å²) in [6.45, 7) is 3.72. The minimum absolute atomic E-state index is 0.917. The van der Waals surface area contributed by atoms with E-state index in [1.54, 1.807) is 0 Å². The summed E-state index contributed by atoms with van der Waals surface area (Å²) in [7, 11) is -6.00. The predicted molar refractivity (Wildman–Crippen MR) is 28.5 cm³/mol. The molecular formula is C3H8BF4N. The molecule has 9 heavy (non-hydrogen) atoms. The van der Waals surface area contributed by atoms with E-state index in [1.165, 1.54) is 0 Å². The lowest BCUT2D eigenvalue weighted by Crippen LogP contribution is -2.34. The van der Waals surface area contributed by atoms with Crippen LogP contribution in [0.25, 0.3) is 0 Å². The van der Waals surface area contributed by atoms with Crippen molar-refractivity contribution in [1.82, 2.24) is 0 Å². The lowest BCUT2D eigenvalue weighted by atomic mass is 10.3. The second kappa shape index (κ2) is 4.35. The van der Waals surface area contributed by atoms with E-state index in [0.717, 1.165) is 5.71 Å². The highest BCUT2D eigenvalue weighted by Crippen LogP contribution is 2.06. The minimum atomic E-state index is -6.00. The molecule has 0 aromatic rings. The van der Waals surface area contributed by atoms with E-state index in [4.69, 9.17) is 5.41 Å². The highest BCUT2D eigenvalue weighted by molar-refractivity contribution is 6.50. The summed E-state index contributed by atoms with van der Waals surface area (Å²) < 4.78 is 39.0. The third-order valence-electron chi connectivity index (χ3n) is 0. The molecule has 56 valence electrons. The normalized spacial score (nSPS) is 9.56. The zero-order valence-corrected chi connectivity index (χ0v) is 5.17. The zero-order chi connectivity index (χ0) is 8.08. The molecule has 0 unspecified atom stereocenters. The Morgan fingerprint density at radius 2 is 1.11 bits per heavy atom. The van der Waals surface area contributed by atoms with Crippen LogP contribution in [0.5, 0.6) is 0 Å². The third kappa shape index (κ3) is 747. The first kappa shape index (κ1) is 11.3. The Hall–Kier alpha value is -0.545. The lowest BCUT2D eigenvalue weighted by molar-refractivity contribution is -0.114. The van der Waals surface area contributed by atoms with Crippen LogP contribution in [-0.4, -0.2) is 13.0 Å². The van der Waals surface area contributed by atoms with Gasteiger partial charge in [-0.05, 0) is 0 Å². The quantitative estimate of drug-likeness (QED) is 0.292. The number of nitrogens with two attached hydrogens (primary N) is 1. The summed E-state index contributed by atoms with van der Waals surface area (Å²) in [5, 5.41) is 5.03. The first-order valence-corrected chi connectivity index (χ1v) is 2.16. The summed E-state index contributed by atoms with van der Waals surface area (Å²) in [6, 6.07) is 0. The van der Waals surface area contributed by atoms with Gasteiger partial charge >= 0.3 is 7.25 Å². The number of hydrogen-bond donors (Lipinski definition) is 1. The maximum absolute atomic E-state index is 9.75. The molecule has 1 nitrogen and oxygen atoms in total. The molecule has 0 saturated heterocycles. The average molecular weight is 145 g/mol. The summed E-state index contributed by atoms with van der Waals surface area (Å²) in [5.41, 5.74) is 0.917. The van der Waals surface area contributed by atoms with E-state index in [0.29, 0.717) is 0 Å². The smallest absolute Gasteiger partial charge is 0.418 e. The second-order valence-corrected chi connectivity index (χ2v) is 1.57. The number of halogens is 4. The van der Waals surface area contributed by atoms with Crippen molar-refractivity contribution in [3.8, 4) is 0 Å². The van der Waals surface area contributed by atoms with Crippen molar-refractivity contribution >= 4 is 13.0 Å². The summed E-state index contributed by atoms with van der Waals surface area (Å²) in [5.74, 6) is 0. The molecule has 0 aliphatic rings. The highest BCUT2D eigenvalue weighted by atomic mass is 19.5. The minimum Gasteiger partial charge on any atom is -0.418 e. The lowest BCUT2D eigenvalue weighted by Gasteiger charge is -1.94. The van der Waals surface area contributed by atoms with E-state index in [1.807, 2.05) is 13.8 Å². The Balaban J connectivity index is 0. The third-order valence-corrected chi connectivity index (χ3v) is 0. The molecule has 0 heterocycles. The van der Waals surface area contributed by atoms with E-state index in [2.05, 4.69) is 0 Å². The van der Waals surface area contributed by atoms with Gasteiger partial charge in [0.15, 0.2) is 0 Å². The van der Waals surface area contributed by atoms with Gasteiger partial charge < -0.3 is 17.3 Å². The van der Waals surface area contributed by atoms with Crippen LogP contribution in [0.2, 0.25) is 0 Å². The Labute approximate surface area is 50.7 Å².